The van der Waals surface area contributed by atoms with Gasteiger partial charge in [0.05, 0.1) is 5.56 Å². The standard InChI is InChI=1S/C16H17N3O/c1-11-4-5-13(10-18-11)16(20)19-8-2-3-12-6-7-14(17)9-15(12)19/h4-7,9-10H,2-3,8,17H2,1H3. The molecule has 0 saturated carbocycles. The van der Waals surface area contributed by atoms with Gasteiger partial charge in [-0.3, -0.25) is 9.78 Å². The molecule has 20 heavy (non-hydrogen) atoms. The monoisotopic (exact) mass is 267 g/mol. The first-order valence-electron chi connectivity index (χ1n) is 6.78. The van der Waals surface area contributed by atoms with Crippen LogP contribution in [0.2, 0.25) is 0 Å². The molecule has 0 unspecified atom stereocenters. The van der Waals surface area contributed by atoms with Gasteiger partial charge in [-0.05, 0) is 49.6 Å². The molecule has 1 aliphatic rings. The summed E-state index contributed by atoms with van der Waals surface area (Å²) in [5.41, 5.74) is 10.2. The Kier molecular flexibility index (Phi) is 3.14. The molecule has 0 spiro atoms. The van der Waals surface area contributed by atoms with E-state index in [4.69, 9.17) is 5.73 Å². The van der Waals surface area contributed by atoms with Gasteiger partial charge in [0.1, 0.15) is 0 Å². The molecule has 1 amide bonds. The number of carbonyl (C=O) groups excluding carboxylic acids is 1. The van der Waals surface area contributed by atoms with Gasteiger partial charge < -0.3 is 10.6 Å². The van der Waals surface area contributed by atoms with Crippen LogP contribution in [-0.2, 0) is 6.42 Å². The van der Waals surface area contributed by atoms with Crippen molar-refractivity contribution in [3.8, 4) is 0 Å². The van der Waals surface area contributed by atoms with Gasteiger partial charge in [-0.15, -0.1) is 0 Å². The molecular weight excluding hydrogens is 250 g/mol. The second kappa shape index (κ2) is 4.96. The van der Waals surface area contributed by atoms with Gasteiger partial charge in [-0.1, -0.05) is 6.07 Å². The number of anilines is 2. The number of nitrogen functional groups attached to an aromatic ring is 1. The lowest BCUT2D eigenvalue weighted by Crippen LogP contribution is -2.35. The Labute approximate surface area is 118 Å². The number of carbonyl (C=O) groups is 1. The van der Waals surface area contributed by atoms with E-state index in [1.165, 1.54) is 5.56 Å². The highest BCUT2D eigenvalue weighted by Gasteiger charge is 2.23. The molecule has 1 aromatic heterocycles. The third-order valence-corrected chi connectivity index (χ3v) is 3.63. The summed E-state index contributed by atoms with van der Waals surface area (Å²) in [6.45, 7) is 2.63. The Morgan fingerprint density at radius 1 is 1.30 bits per heavy atom. The van der Waals surface area contributed by atoms with E-state index < -0.39 is 0 Å². The predicted molar refractivity (Wildman–Crippen MR) is 79.8 cm³/mol. The summed E-state index contributed by atoms with van der Waals surface area (Å²) < 4.78 is 0. The minimum Gasteiger partial charge on any atom is -0.399 e. The van der Waals surface area contributed by atoms with E-state index >= 15 is 0 Å². The first kappa shape index (κ1) is 12.7. The minimum atomic E-state index is -0.0101. The number of benzene rings is 1. The van der Waals surface area contributed by atoms with Crippen molar-refractivity contribution in [3.63, 3.8) is 0 Å². The molecule has 2 aromatic rings. The van der Waals surface area contributed by atoms with Crippen molar-refractivity contribution in [1.29, 1.82) is 0 Å². The highest BCUT2D eigenvalue weighted by Crippen LogP contribution is 2.30. The number of rotatable bonds is 1. The lowest BCUT2D eigenvalue weighted by molar-refractivity contribution is 0.0985. The summed E-state index contributed by atoms with van der Waals surface area (Å²) in [4.78, 5) is 18.6. The molecule has 0 atom stereocenters. The Balaban J connectivity index is 1.97. The largest absolute Gasteiger partial charge is 0.399 e. The van der Waals surface area contributed by atoms with Gasteiger partial charge in [0.15, 0.2) is 0 Å². The average molecular weight is 267 g/mol. The van der Waals surface area contributed by atoms with Gasteiger partial charge in [0.2, 0.25) is 0 Å². The normalized spacial score (nSPS) is 13.9. The number of nitrogens with two attached hydrogens (primary N) is 1. The maximum absolute atomic E-state index is 12.6. The lowest BCUT2D eigenvalue weighted by atomic mass is 10.0. The molecule has 102 valence electrons. The molecule has 2 N–H and O–H groups in total. The minimum absolute atomic E-state index is 0.0101. The van der Waals surface area contributed by atoms with Crippen LogP contribution < -0.4 is 10.6 Å². The lowest BCUT2D eigenvalue weighted by Gasteiger charge is -2.29. The fourth-order valence-electron chi connectivity index (χ4n) is 2.55. The second-order valence-electron chi connectivity index (χ2n) is 5.14. The highest BCUT2D eigenvalue weighted by molar-refractivity contribution is 6.06. The maximum atomic E-state index is 12.6. The van der Waals surface area contributed by atoms with Crippen molar-refractivity contribution < 1.29 is 4.79 Å². The zero-order chi connectivity index (χ0) is 14.1. The number of amides is 1. The van der Waals surface area contributed by atoms with Crippen LogP contribution in [0.1, 0.15) is 28.0 Å². The zero-order valence-corrected chi connectivity index (χ0v) is 11.5. The maximum Gasteiger partial charge on any atom is 0.259 e. The molecule has 0 bridgehead atoms. The molecule has 4 nitrogen and oxygen atoms in total. The molecule has 0 radical (unpaired) electrons. The fraction of sp³-hybridized carbons (Fsp3) is 0.250. The number of hydrogen-bond donors (Lipinski definition) is 1. The average Bonchev–Trinajstić information content (AvgIpc) is 2.46. The van der Waals surface area contributed by atoms with E-state index in [-0.39, 0.29) is 5.91 Å². The molecule has 1 aliphatic heterocycles. The SMILES string of the molecule is Cc1ccc(C(=O)N2CCCc3ccc(N)cc32)cn1. The summed E-state index contributed by atoms with van der Waals surface area (Å²) in [5.74, 6) is -0.0101. The first-order chi connectivity index (χ1) is 9.65. The van der Waals surface area contributed by atoms with E-state index in [1.807, 2.05) is 42.2 Å². The molecule has 0 fully saturated rings. The van der Waals surface area contributed by atoms with Crippen molar-refractivity contribution in [2.45, 2.75) is 19.8 Å². The van der Waals surface area contributed by atoms with Crippen molar-refractivity contribution in [2.75, 3.05) is 17.2 Å². The summed E-state index contributed by atoms with van der Waals surface area (Å²) in [7, 11) is 0. The van der Waals surface area contributed by atoms with Gasteiger partial charge in [-0.2, -0.15) is 0 Å². The predicted octanol–water partition coefficient (Wildman–Crippen LogP) is 2.57. The van der Waals surface area contributed by atoms with E-state index in [0.29, 0.717) is 11.3 Å². The number of pyridine rings is 1. The van der Waals surface area contributed by atoms with Crippen molar-refractivity contribution in [2.24, 2.45) is 0 Å². The van der Waals surface area contributed by atoms with Crippen LogP contribution in [0, 0.1) is 6.92 Å². The first-order valence-corrected chi connectivity index (χ1v) is 6.78. The molecule has 0 aliphatic carbocycles. The van der Waals surface area contributed by atoms with E-state index in [9.17, 15) is 4.79 Å². The van der Waals surface area contributed by atoms with Gasteiger partial charge >= 0.3 is 0 Å². The number of fused-ring (bicyclic) bond motifs is 1. The smallest absolute Gasteiger partial charge is 0.259 e. The van der Waals surface area contributed by atoms with E-state index in [0.717, 1.165) is 30.8 Å². The van der Waals surface area contributed by atoms with Crippen LogP contribution in [-0.4, -0.2) is 17.4 Å². The van der Waals surface area contributed by atoms with Crippen LogP contribution in [0.15, 0.2) is 36.5 Å². The van der Waals surface area contributed by atoms with Crippen molar-refractivity contribution >= 4 is 17.3 Å². The highest BCUT2D eigenvalue weighted by atomic mass is 16.2. The molecule has 1 aromatic carbocycles. The molecule has 0 saturated heterocycles. The summed E-state index contributed by atoms with van der Waals surface area (Å²) >= 11 is 0. The van der Waals surface area contributed by atoms with E-state index in [2.05, 4.69) is 4.98 Å². The number of nitrogens with zero attached hydrogens (tertiary/aromatic N) is 2. The van der Waals surface area contributed by atoms with Crippen LogP contribution in [0.3, 0.4) is 0 Å². The Bertz CT molecular complexity index is 649. The molecule has 4 heteroatoms. The van der Waals surface area contributed by atoms with Crippen LogP contribution >= 0.6 is 0 Å². The number of aromatic nitrogens is 1. The van der Waals surface area contributed by atoms with E-state index in [1.54, 1.807) is 6.20 Å². The van der Waals surface area contributed by atoms with Gasteiger partial charge in [-0.25, -0.2) is 0 Å². The quantitative estimate of drug-likeness (QED) is 0.808. The molecular formula is C16H17N3O. The Hall–Kier alpha value is -2.36. The number of aryl methyl sites for hydroxylation is 2. The topological polar surface area (TPSA) is 59.2 Å². The van der Waals surface area contributed by atoms with Crippen LogP contribution in [0.4, 0.5) is 11.4 Å². The molecule has 3 rings (SSSR count). The third-order valence-electron chi connectivity index (χ3n) is 3.63. The Morgan fingerprint density at radius 3 is 2.90 bits per heavy atom. The zero-order valence-electron chi connectivity index (χ0n) is 11.5. The van der Waals surface area contributed by atoms with Crippen LogP contribution in [0.5, 0.6) is 0 Å². The van der Waals surface area contributed by atoms with Crippen LogP contribution in [0.25, 0.3) is 0 Å². The number of hydrogen-bond acceptors (Lipinski definition) is 3. The second-order valence-corrected chi connectivity index (χ2v) is 5.14. The van der Waals surface area contributed by atoms with Crippen molar-refractivity contribution in [3.05, 3.63) is 53.3 Å². The van der Waals surface area contributed by atoms with Gasteiger partial charge in [0.25, 0.3) is 5.91 Å². The van der Waals surface area contributed by atoms with Crippen molar-refractivity contribution in [1.82, 2.24) is 4.98 Å². The molecule has 2 heterocycles. The fourth-order valence-corrected chi connectivity index (χ4v) is 2.55. The third kappa shape index (κ3) is 2.25. The summed E-state index contributed by atoms with van der Waals surface area (Å²) in [5, 5.41) is 0. The summed E-state index contributed by atoms with van der Waals surface area (Å²) in [6, 6.07) is 9.47. The van der Waals surface area contributed by atoms with Gasteiger partial charge in [0, 0.05) is 29.8 Å². The Morgan fingerprint density at radius 2 is 2.15 bits per heavy atom. The summed E-state index contributed by atoms with van der Waals surface area (Å²) in [6.07, 6.45) is 3.60.